The molecule has 2 atom stereocenters. The van der Waals surface area contributed by atoms with Gasteiger partial charge < -0.3 is 4.90 Å². The predicted octanol–water partition coefficient (Wildman–Crippen LogP) is 4.36. The molecule has 0 spiro atoms. The quantitative estimate of drug-likeness (QED) is 0.776. The van der Waals surface area contributed by atoms with Gasteiger partial charge in [0.1, 0.15) is 6.04 Å². The zero-order valence-electron chi connectivity index (χ0n) is 12.7. The molecule has 2 aromatic rings. The van der Waals surface area contributed by atoms with Crippen LogP contribution in [0.15, 0.2) is 75.1 Å². The number of hydrogen-bond donors (Lipinski definition) is 0. The third-order valence-corrected chi connectivity index (χ3v) is 4.85. The van der Waals surface area contributed by atoms with Crippen molar-refractivity contribution >= 4 is 33.7 Å². The highest BCUT2D eigenvalue weighted by atomic mass is 79.9. The van der Waals surface area contributed by atoms with E-state index in [0.29, 0.717) is 0 Å². The summed E-state index contributed by atoms with van der Waals surface area (Å²) < 4.78 is 1.06. The second-order valence-corrected chi connectivity index (χ2v) is 6.62. The molecular weight excluding hydrogens is 350 g/mol. The van der Waals surface area contributed by atoms with Crippen molar-refractivity contribution in [2.75, 3.05) is 4.90 Å². The molecule has 0 aromatic heterocycles. The molecule has 2 aromatic carbocycles. The van der Waals surface area contributed by atoms with E-state index < -0.39 is 0 Å². The molecule has 2 aliphatic heterocycles. The summed E-state index contributed by atoms with van der Waals surface area (Å²) in [5.41, 5.74) is 4.47. The topological polar surface area (TPSA) is 28.0 Å². The van der Waals surface area contributed by atoms with E-state index in [2.05, 4.69) is 75.2 Å². The van der Waals surface area contributed by atoms with Crippen LogP contribution >= 0.6 is 15.9 Å². The fraction of sp³-hybridized carbons (Fsp3) is 0.158. The van der Waals surface area contributed by atoms with Gasteiger partial charge in [0, 0.05) is 15.7 Å². The zero-order chi connectivity index (χ0) is 15.8. The largest absolute Gasteiger partial charge is 0.307 e. The minimum absolute atomic E-state index is 0.00943. The third kappa shape index (κ3) is 2.63. The molecule has 0 radical (unpaired) electrons. The van der Waals surface area contributed by atoms with Crippen molar-refractivity contribution in [1.82, 2.24) is 0 Å². The summed E-state index contributed by atoms with van der Waals surface area (Å²) >= 11 is 3.61. The molecule has 2 unspecified atom stereocenters. The van der Waals surface area contributed by atoms with Gasteiger partial charge in [-0.1, -0.05) is 57.9 Å². The molecule has 0 aliphatic carbocycles. The van der Waals surface area contributed by atoms with Gasteiger partial charge in [-0.05, 0) is 31.2 Å². The average Bonchev–Trinajstić information content (AvgIpc) is 2.99. The van der Waals surface area contributed by atoms with E-state index >= 15 is 0 Å². The maximum atomic E-state index is 4.96. The van der Waals surface area contributed by atoms with E-state index in [-0.39, 0.29) is 12.2 Å². The number of dihydropyridines is 1. The second kappa shape index (κ2) is 5.78. The molecule has 4 heteroatoms. The molecule has 2 heterocycles. The first-order chi connectivity index (χ1) is 11.2. The smallest absolute Gasteiger partial charge is 0.153 e. The number of benzene rings is 2. The second-order valence-electron chi connectivity index (χ2n) is 5.76. The van der Waals surface area contributed by atoms with Crippen LogP contribution in [0.1, 0.15) is 11.1 Å². The fourth-order valence-corrected chi connectivity index (χ4v) is 3.37. The Morgan fingerprint density at radius 3 is 2.61 bits per heavy atom. The summed E-state index contributed by atoms with van der Waals surface area (Å²) in [6.07, 6.45) is 6.09. The molecule has 0 saturated carbocycles. The Bertz CT molecular complexity index is 821. The summed E-state index contributed by atoms with van der Waals surface area (Å²) in [4.78, 5) is 11.7. The molecular formula is C19H16BrN3. The van der Waals surface area contributed by atoms with Crippen LogP contribution in [-0.2, 0) is 0 Å². The Morgan fingerprint density at radius 2 is 1.83 bits per heavy atom. The Morgan fingerprint density at radius 1 is 1.04 bits per heavy atom. The van der Waals surface area contributed by atoms with Gasteiger partial charge in [0.25, 0.3) is 0 Å². The monoisotopic (exact) mass is 365 g/mol. The van der Waals surface area contributed by atoms with Crippen LogP contribution in [0.4, 0.5) is 5.69 Å². The molecule has 0 bridgehead atoms. The van der Waals surface area contributed by atoms with E-state index in [4.69, 9.17) is 4.99 Å². The number of halogens is 1. The number of anilines is 1. The fourth-order valence-electron chi connectivity index (χ4n) is 2.89. The van der Waals surface area contributed by atoms with Crippen LogP contribution in [0.2, 0.25) is 0 Å². The average molecular weight is 366 g/mol. The highest BCUT2D eigenvalue weighted by molar-refractivity contribution is 9.10. The Labute approximate surface area is 144 Å². The number of aryl methyl sites for hydroxylation is 1. The van der Waals surface area contributed by atoms with Gasteiger partial charge >= 0.3 is 0 Å². The Hall–Kier alpha value is -2.20. The molecule has 2 aliphatic rings. The molecule has 3 nitrogen and oxygen atoms in total. The van der Waals surface area contributed by atoms with Crippen molar-refractivity contribution in [2.45, 2.75) is 19.1 Å². The van der Waals surface area contributed by atoms with Gasteiger partial charge in [-0.2, -0.15) is 0 Å². The number of nitrogens with zero attached hydrogens (tertiary/aromatic N) is 3. The van der Waals surface area contributed by atoms with Gasteiger partial charge in [-0.3, -0.25) is 9.98 Å². The van der Waals surface area contributed by atoms with Gasteiger partial charge in [0.2, 0.25) is 0 Å². The molecule has 4 rings (SSSR count). The Kier molecular flexibility index (Phi) is 3.62. The van der Waals surface area contributed by atoms with Crippen molar-refractivity contribution in [3.63, 3.8) is 0 Å². The number of aliphatic imine (C=N–C) groups is 2. The molecule has 0 fully saturated rings. The van der Waals surface area contributed by atoms with E-state index in [9.17, 15) is 0 Å². The summed E-state index contributed by atoms with van der Waals surface area (Å²) in [6.45, 7) is 2.09. The highest BCUT2D eigenvalue weighted by Crippen LogP contribution is 2.28. The summed E-state index contributed by atoms with van der Waals surface area (Å²) in [6, 6.07) is 16.7. The van der Waals surface area contributed by atoms with Gasteiger partial charge in [0.15, 0.2) is 6.17 Å². The Balaban J connectivity index is 1.70. The zero-order valence-corrected chi connectivity index (χ0v) is 14.3. The molecule has 114 valence electrons. The van der Waals surface area contributed by atoms with Crippen molar-refractivity contribution < 1.29 is 0 Å². The van der Waals surface area contributed by atoms with Crippen LogP contribution < -0.4 is 4.90 Å². The first kappa shape index (κ1) is 14.4. The SMILES string of the molecule is Cc1ccc(N2C=NC3C=CC(c4ccccc4Br)=NC32)cc1. The first-order valence-corrected chi connectivity index (χ1v) is 8.41. The predicted molar refractivity (Wildman–Crippen MR) is 99.5 cm³/mol. The van der Waals surface area contributed by atoms with Crippen molar-refractivity contribution in [3.05, 3.63) is 76.3 Å². The molecule has 23 heavy (non-hydrogen) atoms. The summed E-state index contributed by atoms with van der Waals surface area (Å²) in [5.74, 6) is 0. The van der Waals surface area contributed by atoms with E-state index in [1.54, 1.807) is 0 Å². The lowest BCUT2D eigenvalue weighted by Crippen LogP contribution is -2.36. The standard InChI is InChI=1S/C19H16BrN3/c1-13-6-8-14(9-7-13)23-12-21-18-11-10-17(22-19(18)23)15-4-2-3-5-16(15)20/h2-12,18-19H,1H3. The van der Waals surface area contributed by atoms with Crippen LogP contribution in [-0.4, -0.2) is 24.3 Å². The van der Waals surface area contributed by atoms with E-state index in [1.165, 1.54) is 5.56 Å². The lowest BCUT2D eigenvalue weighted by Gasteiger charge is -2.26. The minimum atomic E-state index is -0.00943. The summed E-state index contributed by atoms with van der Waals surface area (Å²) in [7, 11) is 0. The van der Waals surface area contributed by atoms with Crippen molar-refractivity contribution in [3.8, 4) is 0 Å². The van der Waals surface area contributed by atoms with E-state index in [0.717, 1.165) is 21.4 Å². The van der Waals surface area contributed by atoms with Crippen molar-refractivity contribution in [1.29, 1.82) is 0 Å². The maximum Gasteiger partial charge on any atom is 0.153 e. The number of rotatable bonds is 2. The van der Waals surface area contributed by atoms with E-state index in [1.807, 2.05) is 24.5 Å². The number of fused-ring (bicyclic) bond motifs is 1. The molecule has 0 saturated heterocycles. The lowest BCUT2D eigenvalue weighted by atomic mass is 10.0. The van der Waals surface area contributed by atoms with Crippen LogP contribution in [0, 0.1) is 6.92 Å². The number of hydrogen-bond acceptors (Lipinski definition) is 3. The minimum Gasteiger partial charge on any atom is -0.307 e. The third-order valence-electron chi connectivity index (χ3n) is 4.16. The van der Waals surface area contributed by atoms with Gasteiger partial charge in [0.05, 0.1) is 12.1 Å². The van der Waals surface area contributed by atoms with Gasteiger partial charge in [-0.25, -0.2) is 0 Å². The lowest BCUT2D eigenvalue weighted by molar-refractivity contribution is 0.656. The number of allylic oxidation sites excluding steroid dienone is 1. The first-order valence-electron chi connectivity index (χ1n) is 7.61. The summed E-state index contributed by atoms with van der Waals surface area (Å²) in [5, 5.41) is 0. The highest BCUT2D eigenvalue weighted by Gasteiger charge is 2.32. The van der Waals surface area contributed by atoms with Crippen molar-refractivity contribution in [2.24, 2.45) is 9.98 Å². The molecule has 0 amide bonds. The van der Waals surface area contributed by atoms with Crippen LogP contribution in [0.25, 0.3) is 0 Å². The van der Waals surface area contributed by atoms with Crippen LogP contribution in [0.3, 0.4) is 0 Å². The maximum absolute atomic E-state index is 4.96. The van der Waals surface area contributed by atoms with Crippen LogP contribution in [0.5, 0.6) is 0 Å². The van der Waals surface area contributed by atoms with Gasteiger partial charge in [-0.15, -0.1) is 0 Å². The normalized spacial score (nSPS) is 22.2. The molecule has 0 N–H and O–H groups in total.